The minimum Gasteiger partial charge on any atom is -0.344 e. The summed E-state index contributed by atoms with van der Waals surface area (Å²) in [4.78, 5) is 29.0. The fourth-order valence-corrected chi connectivity index (χ4v) is 6.21. The molecule has 1 saturated carbocycles. The smallest absolute Gasteiger partial charge is 0.245 e. The molecule has 1 aromatic heterocycles. The molecule has 2 amide bonds. The number of carbonyl (C=O) groups excluding carboxylic acids is 2. The van der Waals surface area contributed by atoms with E-state index in [2.05, 4.69) is 46.8 Å². The number of nitrogens with one attached hydrogen (secondary N) is 1. The third-order valence-electron chi connectivity index (χ3n) is 8.11. The van der Waals surface area contributed by atoms with E-state index >= 15 is 0 Å². The van der Waals surface area contributed by atoms with Crippen molar-refractivity contribution in [1.29, 1.82) is 0 Å². The SMILES string of the molecule is CC(C)[C@@H](NC(=O)C1CCCC(c2nnnn2C)C1)C(=O)N1CCC(c2ccc(Cl)cc2)C(C)(C)C1. The van der Waals surface area contributed by atoms with E-state index in [-0.39, 0.29) is 35.0 Å². The van der Waals surface area contributed by atoms with Crippen molar-refractivity contribution in [1.82, 2.24) is 30.4 Å². The van der Waals surface area contributed by atoms with Crippen molar-refractivity contribution < 1.29 is 9.59 Å². The Bertz CT molecular complexity index is 1070. The van der Waals surface area contributed by atoms with E-state index < -0.39 is 6.04 Å². The van der Waals surface area contributed by atoms with Gasteiger partial charge in [0.1, 0.15) is 6.04 Å². The third kappa shape index (κ3) is 5.74. The van der Waals surface area contributed by atoms with Crippen molar-refractivity contribution in [2.45, 2.75) is 77.7 Å². The average Bonchev–Trinajstić information content (AvgIpc) is 3.28. The fraction of sp³-hybridized carbons (Fsp3) is 0.667. The summed E-state index contributed by atoms with van der Waals surface area (Å²) in [5, 5.41) is 15.7. The van der Waals surface area contributed by atoms with Gasteiger partial charge in [0, 0.05) is 37.0 Å². The van der Waals surface area contributed by atoms with Crippen molar-refractivity contribution in [2.75, 3.05) is 13.1 Å². The Morgan fingerprint density at radius 2 is 1.86 bits per heavy atom. The molecule has 3 unspecified atom stereocenters. The fourth-order valence-electron chi connectivity index (χ4n) is 6.08. The van der Waals surface area contributed by atoms with Gasteiger partial charge < -0.3 is 10.2 Å². The summed E-state index contributed by atoms with van der Waals surface area (Å²) in [6, 6.07) is 7.53. The zero-order valence-corrected chi connectivity index (χ0v) is 22.8. The number of nitrogens with zero attached hydrogens (tertiary/aromatic N) is 5. The normalized spacial score (nSPS) is 25.0. The number of aromatic nitrogens is 4. The molecule has 1 aliphatic carbocycles. The van der Waals surface area contributed by atoms with Crippen LogP contribution in [-0.2, 0) is 16.6 Å². The lowest BCUT2D eigenvalue weighted by Gasteiger charge is -2.46. The number of tetrazole rings is 1. The summed E-state index contributed by atoms with van der Waals surface area (Å²) >= 11 is 6.09. The van der Waals surface area contributed by atoms with Gasteiger partial charge >= 0.3 is 0 Å². The minimum atomic E-state index is -0.530. The van der Waals surface area contributed by atoms with Gasteiger partial charge in [-0.25, -0.2) is 4.68 Å². The van der Waals surface area contributed by atoms with Crippen LogP contribution in [0, 0.1) is 17.3 Å². The standard InChI is InChI=1S/C27H39ClN6O2/c1-17(2)23(29-25(35)20-8-6-7-19(15-20)24-30-31-32-33(24)5)26(36)34-14-13-22(27(3,4)16-34)18-9-11-21(28)12-10-18/h9-12,17,19-20,22-23H,6-8,13-16H2,1-5H3,(H,29,35)/t19?,20?,22?,23-/m1/s1. The van der Waals surface area contributed by atoms with Gasteiger partial charge in [-0.3, -0.25) is 9.59 Å². The first-order valence-corrected chi connectivity index (χ1v) is 13.5. The number of amides is 2. The number of halogens is 1. The van der Waals surface area contributed by atoms with Crippen molar-refractivity contribution in [3.05, 3.63) is 40.7 Å². The first-order valence-electron chi connectivity index (χ1n) is 13.1. The van der Waals surface area contributed by atoms with Crippen LogP contribution in [0.1, 0.15) is 83.0 Å². The molecule has 1 saturated heterocycles. The van der Waals surface area contributed by atoms with Gasteiger partial charge in [-0.2, -0.15) is 0 Å². The largest absolute Gasteiger partial charge is 0.344 e. The number of rotatable bonds is 6. The molecule has 0 bridgehead atoms. The molecule has 2 fully saturated rings. The highest BCUT2D eigenvalue weighted by atomic mass is 35.5. The maximum atomic E-state index is 13.7. The molecule has 196 valence electrons. The van der Waals surface area contributed by atoms with Crippen LogP contribution in [0.25, 0.3) is 0 Å². The molecule has 4 rings (SSSR count). The number of hydrogen-bond acceptors (Lipinski definition) is 5. The number of benzene rings is 1. The maximum absolute atomic E-state index is 13.7. The minimum absolute atomic E-state index is 0.000814. The van der Waals surface area contributed by atoms with Crippen LogP contribution < -0.4 is 5.32 Å². The van der Waals surface area contributed by atoms with Crippen LogP contribution in [-0.4, -0.2) is 56.1 Å². The molecule has 36 heavy (non-hydrogen) atoms. The van der Waals surface area contributed by atoms with Crippen LogP contribution in [0.3, 0.4) is 0 Å². The van der Waals surface area contributed by atoms with Gasteiger partial charge in [-0.15, -0.1) is 5.10 Å². The third-order valence-corrected chi connectivity index (χ3v) is 8.36. The first-order chi connectivity index (χ1) is 17.1. The molecule has 2 heterocycles. The number of aryl methyl sites for hydroxylation is 1. The van der Waals surface area contributed by atoms with Crippen molar-refractivity contribution >= 4 is 23.4 Å². The lowest BCUT2D eigenvalue weighted by molar-refractivity contribution is -0.141. The van der Waals surface area contributed by atoms with E-state index in [1.807, 2.05) is 37.9 Å². The van der Waals surface area contributed by atoms with Crippen molar-refractivity contribution in [3.63, 3.8) is 0 Å². The number of carbonyl (C=O) groups is 2. The molecular weight excluding hydrogens is 476 g/mol. The molecule has 0 spiro atoms. The zero-order chi connectivity index (χ0) is 26.0. The highest BCUT2D eigenvalue weighted by Gasteiger charge is 2.41. The first kappa shape index (κ1) is 26.6. The van der Waals surface area contributed by atoms with Gasteiger partial charge in [-0.05, 0) is 71.1 Å². The molecule has 2 aliphatic rings. The monoisotopic (exact) mass is 514 g/mol. The van der Waals surface area contributed by atoms with Gasteiger partial charge in [0.25, 0.3) is 0 Å². The van der Waals surface area contributed by atoms with Gasteiger partial charge in [0.2, 0.25) is 11.8 Å². The second kappa shape index (κ2) is 10.9. The molecule has 1 N–H and O–H groups in total. The van der Waals surface area contributed by atoms with E-state index in [1.165, 1.54) is 5.56 Å². The summed E-state index contributed by atoms with van der Waals surface area (Å²) in [6.07, 6.45) is 4.34. The molecule has 4 atom stereocenters. The lowest BCUT2D eigenvalue weighted by atomic mass is 9.70. The van der Waals surface area contributed by atoms with Gasteiger partial charge in [0.05, 0.1) is 0 Å². The number of hydrogen-bond donors (Lipinski definition) is 1. The van der Waals surface area contributed by atoms with Crippen LogP contribution in [0.2, 0.25) is 5.02 Å². The van der Waals surface area contributed by atoms with E-state index in [4.69, 9.17) is 11.6 Å². The highest BCUT2D eigenvalue weighted by Crippen LogP contribution is 2.42. The number of likely N-dealkylation sites (tertiary alicyclic amines) is 1. The van der Waals surface area contributed by atoms with Gasteiger partial charge in [0.15, 0.2) is 5.82 Å². The van der Waals surface area contributed by atoms with E-state index in [9.17, 15) is 9.59 Å². The predicted molar refractivity (Wildman–Crippen MR) is 139 cm³/mol. The Labute approximate surface area is 219 Å². The molecule has 8 nitrogen and oxygen atoms in total. The summed E-state index contributed by atoms with van der Waals surface area (Å²) < 4.78 is 1.70. The molecule has 2 aromatic rings. The van der Waals surface area contributed by atoms with E-state index in [0.29, 0.717) is 25.4 Å². The Kier molecular flexibility index (Phi) is 8.03. The molecule has 1 aliphatic heterocycles. The quantitative estimate of drug-likeness (QED) is 0.619. The van der Waals surface area contributed by atoms with Crippen molar-refractivity contribution in [2.24, 2.45) is 24.3 Å². The molecule has 0 radical (unpaired) electrons. The molecular formula is C27H39ClN6O2. The predicted octanol–water partition coefficient (Wildman–Crippen LogP) is 4.32. The van der Waals surface area contributed by atoms with Crippen LogP contribution in [0.4, 0.5) is 0 Å². The average molecular weight is 515 g/mol. The van der Waals surface area contributed by atoms with Gasteiger partial charge in [-0.1, -0.05) is 57.8 Å². The summed E-state index contributed by atoms with van der Waals surface area (Å²) in [7, 11) is 1.84. The van der Waals surface area contributed by atoms with Crippen molar-refractivity contribution in [3.8, 4) is 0 Å². The number of piperidine rings is 1. The zero-order valence-electron chi connectivity index (χ0n) is 22.1. The second-order valence-electron chi connectivity index (χ2n) is 11.6. The topological polar surface area (TPSA) is 93.0 Å². The van der Waals surface area contributed by atoms with Crippen LogP contribution in [0.15, 0.2) is 24.3 Å². The molecule has 9 heteroatoms. The van der Waals surface area contributed by atoms with E-state index in [1.54, 1.807) is 4.68 Å². The lowest BCUT2D eigenvalue weighted by Crippen LogP contribution is -2.56. The summed E-state index contributed by atoms with van der Waals surface area (Å²) in [6.45, 7) is 9.78. The Balaban J connectivity index is 1.41. The molecule has 1 aromatic carbocycles. The van der Waals surface area contributed by atoms with Crippen LogP contribution in [0.5, 0.6) is 0 Å². The Morgan fingerprint density at radius 3 is 2.47 bits per heavy atom. The Hall–Kier alpha value is -2.48. The van der Waals surface area contributed by atoms with E-state index in [0.717, 1.165) is 36.5 Å². The summed E-state index contributed by atoms with van der Waals surface area (Å²) in [5.74, 6) is 1.19. The maximum Gasteiger partial charge on any atom is 0.245 e. The second-order valence-corrected chi connectivity index (χ2v) is 12.0. The Morgan fingerprint density at radius 1 is 1.14 bits per heavy atom. The summed E-state index contributed by atoms with van der Waals surface area (Å²) in [5.41, 5.74) is 1.17. The highest BCUT2D eigenvalue weighted by molar-refractivity contribution is 6.30. The van der Waals surface area contributed by atoms with Crippen LogP contribution >= 0.6 is 11.6 Å².